The quantitative estimate of drug-likeness (QED) is 0.156. The number of ether oxygens (including phenoxy) is 2. The number of rotatable bonds is 11. The molecule has 59 heavy (non-hydrogen) atoms. The molecule has 6 aromatic rings. The van der Waals surface area contributed by atoms with Crippen LogP contribution >= 0.6 is 33.7 Å². The number of aromatic nitrogens is 4. The zero-order valence-electron chi connectivity index (χ0n) is 32.6. The maximum absolute atomic E-state index is 12.9. The minimum atomic E-state index is -3.61. The normalized spacial score (nSPS) is 14.7. The number of hydrogen-bond acceptors (Lipinski definition) is 15. The van der Waals surface area contributed by atoms with Crippen molar-refractivity contribution in [2.45, 2.75) is 22.6 Å². The van der Waals surface area contributed by atoms with Gasteiger partial charge >= 0.3 is 0 Å². The number of nitrogens with one attached hydrogen (secondary N) is 1. The fourth-order valence-electron chi connectivity index (χ4n) is 6.06. The van der Waals surface area contributed by atoms with E-state index in [0.29, 0.717) is 44.1 Å². The van der Waals surface area contributed by atoms with Crippen LogP contribution in [0, 0.1) is 0 Å². The summed E-state index contributed by atoms with van der Waals surface area (Å²) >= 11 is 2.88. The zero-order valence-corrected chi connectivity index (χ0v) is 36.6. The van der Waals surface area contributed by atoms with Gasteiger partial charge in [0.1, 0.15) is 23.1 Å². The lowest BCUT2D eigenvalue weighted by Gasteiger charge is -2.33. The van der Waals surface area contributed by atoms with E-state index in [4.69, 9.17) is 20.2 Å². The summed E-state index contributed by atoms with van der Waals surface area (Å²) in [5.41, 5.74) is 2.44. The van der Waals surface area contributed by atoms with E-state index < -0.39 is 19.1 Å². The molecular weight excluding hydrogens is 852 g/mol. The third kappa shape index (κ3) is 12.7. The summed E-state index contributed by atoms with van der Waals surface area (Å²) in [5.74, 6) is 2.96. The number of methoxy groups -OCH3 is 2. The molecule has 0 spiro atoms. The second-order valence-electron chi connectivity index (χ2n) is 13.2. The van der Waals surface area contributed by atoms with Crippen molar-refractivity contribution in [1.82, 2.24) is 28.3 Å². The molecule has 0 aliphatic carbocycles. The highest BCUT2D eigenvalue weighted by atomic mass is 35.7. The Labute approximate surface area is 358 Å². The molecular formula is C40H45ClN8O6S4. The maximum Gasteiger partial charge on any atom is 0.261 e. The third-order valence-electron chi connectivity index (χ3n) is 9.26. The molecule has 2 aromatic heterocycles. The Hall–Kier alpha value is -4.69. The third-order valence-corrected chi connectivity index (χ3v) is 14.2. The Bertz CT molecular complexity index is 2410. The lowest BCUT2D eigenvalue weighted by atomic mass is 10.1. The summed E-state index contributed by atoms with van der Waals surface area (Å²) < 4.78 is 67.7. The van der Waals surface area contributed by atoms with Crippen molar-refractivity contribution in [3.8, 4) is 11.5 Å². The Kier molecular flexibility index (Phi) is 15.6. The number of nitrogens with zero attached hydrogens (tertiary/aromatic N) is 7. The fraction of sp³-hybridized carbons (Fsp3) is 0.300. The predicted molar refractivity (Wildman–Crippen MR) is 233 cm³/mol. The number of piperazine rings is 2. The van der Waals surface area contributed by atoms with Crippen LogP contribution in [0.3, 0.4) is 0 Å². The number of sulfonamides is 1. The largest absolute Gasteiger partial charge is 0.497 e. The summed E-state index contributed by atoms with van der Waals surface area (Å²) in [5, 5.41) is 5.25. The van der Waals surface area contributed by atoms with Gasteiger partial charge in [-0.2, -0.15) is 13.1 Å². The van der Waals surface area contributed by atoms with Gasteiger partial charge in [-0.3, -0.25) is 0 Å². The van der Waals surface area contributed by atoms with Gasteiger partial charge in [-0.1, -0.05) is 60.7 Å². The minimum absolute atomic E-state index is 0.0740. The first-order chi connectivity index (χ1) is 28.5. The van der Waals surface area contributed by atoms with Crippen molar-refractivity contribution >= 4 is 63.1 Å². The van der Waals surface area contributed by atoms with Crippen LogP contribution in [0.2, 0.25) is 0 Å². The average molecular weight is 898 g/mol. The van der Waals surface area contributed by atoms with Gasteiger partial charge in [-0.15, -0.1) is 0 Å². The van der Waals surface area contributed by atoms with E-state index >= 15 is 0 Å². The lowest BCUT2D eigenvalue weighted by molar-refractivity contribution is 0.384. The van der Waals surface area contributed by atoms with Gasteiger partial charge in [-0.25, -0.2) is 26.8 Å². The Morgan fingerprint density at radius 1 is 0.593 bits per heavy atom. The molecule has 2 aliphatic rings. The molecule has 0 amide bonds. The number of anilines is 2. The van der Waals surface area contributed by atoms with Crippen molar-refractivity contribution in [3.63, 3.8) is 0 Å². The second kappa shape index (κ2) is 21.0. The van der Waals surface area contributed by atoms with Gasteiger partial charge in [0, 0.05) is 98.9 Å². The highest BCUT2D eigenvalue weighted by Crippen LogP contribution is 2.25. The second-order valence-corrected chi connectivity index (χ2v) is 19.2. The summed E-state index contributed by atoms with van der Waals surface area (Å²) in [7, 11) is 1.03. The van der Waals surface area contributed by atoms with Crippen molar-refractivity contribution < 1.29 is 26.3 Å². The first kappa shape index (κ1) is 43.9. The van der Waals surface area contributed by atoms with E-state index in [1.165, 1.54) is 69.9 Å². The first-order valence-corrected chi connectivity index (χ1v) is 24.0. The Balaban J connectivity index is 0.000000165. The first-order valence-electron chi connectivity index (χ1n) is 18.7. The van der Waals surface area contributed by atoms with Gasteiger partial charge in [-0.05, 0) is 59.7 Å². The Morgan fingerprint density at radius 3 is 1.44 bits per heavy atom. The molecule has 2 saturated heterocycles. The van der Waals surface area contributed by atoms with Crippen molar-refractivity contribution in [1.29, 1.82) is 0 Å². The summed E-state index contributed by atoms with van der Waals surface area (Å²) in [6.07, 6.45) is 1.52. The molecule has 1 N–H and O–H groups in total. The maximum atomic E-state index is 12.9. The van der Waals surface area contributed by atoms with Gasteiger partial charge < -0.3 is 24.6 Å². The predicted octanol–water partition coefficient (Wildman–Crippen LogP) is 5.81. The van der Waals surface area contributed by atoms with Crippen molar-refractivity contribution in [2.24, 2.45) is 0 Å². The molecule has 0 atom stereocenters. The topological polar surface area (TPSA) is 160 Å². The van der Waals surface area contributed by atoms with Gasteiger partial charge in [0.2, 0.25) is 20.3 Å². The summed E-state index contributed by atoms with van der Waals surface area (Å²) in [6.45, 7) is 6.15. The van der Waals surface area contributed by atoms with Crippen LogP contribution in [0.15, 0.2) is 119 Å². The molecule has 19 heteroatoms. The molecule has 2 fully saturated rings. The number of benzene rings is 4. The van der Waals surface area contributed by atoms with Crippen molar-refractivity contribution in [2.75, 3.05) is 76.4 Å². The van der Waals surface area contributed by atoms with Crippen LogP contribution in [-0.4, -0.2) is 106 Å². The van der Waals surface area contributed by atoms with Gasteiger partial charge in [0.15, 0.2) is 0 Å². The van der Waals surface area contributed by atoms with Gasteiger partial charge in [0.25, 0.3) is 9.05 Å². The average Bonchev–Trinajstić information content (AvgIpc) is 3.95. The summed E-state index contributed by atoms with van der Waals surface area (Å²) in [6, 6.07) is 32.8. The highest BCUT2D eigenvalue weighted by Gasteiger charge is 2.29. The van der Waals surface area contributed by atoms with Crippen LogP contribution in [-0.2, 0) is 31.9 Å². The number of hydrogen-bond donors (Lipinski definition) is 1. The lowest BCUT2D eigenvalue weighted by Crippen LogP contribution is -2.48. The van der Waals surface area contributed by atoms with E-state index in [0.717, 1.165) is 54.5 Å². The number of halogens is 1. The SMILES string of the molecule is COc1ccc(S(=O)(=O)Cl)cc1.COc1ccc(S(=O)(=O)N2CCN(c3nc(Cc4ccccc4)ns3)CC2)cc1.c1ccc(Cc2nsc(N3CCNCC3)n2)cc1. The minimum Gasteiger partial charge on any atom is -0.497 e. The van der Waals surface area contributed by atoms with E-state index in [9.17, 15) is 16.8 Å². The van der Waals surface area contributed by atoms with E-state index in [1.54, 1.807) is 31.4 Å². The standard InChI is InChI=1S/C20H22N4O3S2.C13H16N4S.C7H7ClO3S/c1-27-17-7-9-18(10-8-17)29(25,26)24-13-11-23(12-14-24)20-21-19(22-28-20)15-16-5-3-2-4-6-16;1-2-4-11(5-3-1)10-12-15-13(18-16-12)17-8-6-14-7-9-17;1-11-6-2-4-7(5-3-6)12(8,9)10/h2-10H,11-15H2,1H3;1-5,14H,6-10H2;2-5H,1H3. The van der Waals surface area contributed by atoms with Crippen LogP contribution in [0.25, 0.3) is 0 Å². The molecule has 0 saturated carbocycles. The molecule has 2 aliphatic heterocycles. The smallest absolute Gasteiger partial charge is 0.261 e. The molecule has 0 radical (unpaired) electrons. The molecule has 4 aromatic carbocycles. The molecule has 0 unspecified atom stereocenters. The molecule has 0 bridgehead atoms. The van der Waals surface area contributed by atoms with Crippen LogP contribution in [0.4, 0.5) is 10.3 Å². The van der Waals surface area contributed by atoms with Gasteiger partial charge in [0.05, 0.1) is 24.0 Å². The van der Waals surface area contributed by atoms with E-state index in [1.807, 2.05) is 24.3 Å². The van der Waals surface area contributed by atoms with Crippen LogP contribution < -0.4 is 24.6 Å². The monoisotopic (exact) mass is 896 g/mol. The van der Waals surface area contributed by atoms with E-state index in [2.05, 4.69) is 70.2 Å². The summed E-state index contributed by atoms with van der Waals surface area (Å²) in [4.78, 5) is 14.1. The molecule has 14 nitrogen and oxygen atoms in total. The highest BCUT2D eigenvalue weighted by molar-refractivity contribution is 8.13. The molecule has 8 rings (SSSR count). The van der Waals surface area contributed by atoms with Crippen LogP contribution in [0.5, 0.6) is 11.5 Å². The molecule has 312 valence electrons. The van der Waals surface area contributed by atoms with E-state index in [-0.39, 0.29) is 9.79 Å². The fourth-order valence-corrected chi connectivity index (χ4v) is 9.72. The van der Waals surface area contributed by atoms with Crippen molar-refractivity contribution in [3.05, 3.63) is 132 Å². The molecule has 4 heterocycles. The zero-order chi connectivity index (χ0) is 41.7. The Morgan fingerprint density at radius 2 is 1.02 bits per heavy atom. The van der Waals surface area contributed by atoms with Crippen LogP contribution in [0.1, 0.15) is 22.8 Å².